The van der Waals surface area contributed by atoms with Crippen molar-refractivity contribution in [1.82, 2.24) is 20.5 Å². The third kappa shape index (κ3) is 12.9. The number of hydrogen-bond donors (Lipinski definition) is 19. The quantitative estimate of drug-likeness (QED) is 0.0764. The van der Waals surface area contributed by atoms with Gasteiger partial charge in [0.1, 0.15) is 165 Å². The maximum absolute atomic E-state index is 12.0. The Morgan fingerprint density at radius 3 is 1.05 bits per heavy atom. The first kappa shape index (κ1) is 63.9. The van der Waals surface area contributed by atoms with Crippen molar-refractivity contribution < 1.29 is 158 Å². The minimum Gasteiger partial charge on any atom is -0.394 e. The monoisotopic (exact) mass is 1190 g/mol. The topological polar surface area (TPSA) is 544 Å². The number of aromatic nitrogens is 3. The molecule has 82 heavy (non-hydrogen) atoms. The Kier molecular flexibility index (Phi) is 21.5. The van der Waals surface area contributed by atoms with Crippen LogP contribution in [0.2, 0.25) is 0 Å². The molecule has 1 aromatic heterocycles. The lowest BCUT2D eigenvalue weighted by atomic mass is 9.94. The summed E-state index contributed by atoms with van der Waals surface area (Å²) >= 11 is 0. The highest BCUT2D eigenvalue weighted by Crippen LogP contribution is 2.39. The molecule has 31 atom stereocenters. The summed E-state index contributed by atoms with van der Waals surface area (Å²) in [6, 6.07) is 0. The van der Waals surface area contributed by atoms with Crippen molar-refractivity contribution in [3.05, 3.63) is 11.4 Å². The predicted octanol–water partition coefficient (Wildman–Crippen LogP) is -12.1. The fourth-order valence-electron chi connectivity index (χ4n) is 11.4. The molecule has 1 aromatic rings. The summed E-state index contributed by atoms with van der Waals surface area (Å²) < 4.78 is 77.5. The van der Waals surface area contributed by atoms with E-state index in [9.17, 15) is 91.6 Å². The summed E-state index contributed by atoms with van der Waals surface area (Å²) in [4.78, 5) is 12.0. The molecule has 36 heteroatoms. The molecule has 1 aliphatic carbocycles. The van der Waals surface area contributed by atoms with Gasteiger partial charge in [-0.05, 0) is 19.3 Å². The summed E-state index contributed by atoms with van der Waals surface area (Å²) in [6.45, 7) is -6.15. The number of aliphatic hydroxyl groups excluding tert-OH is 17. The standard InChI is InChI=1S/C46H74N4O32/c51-7-16-36-25(59)31(65)43(73-16)80-38-18(9-53)75-45(33(67)27(38)61)82-40-20(11-55)76-46(34(68)28(40)62)81-39-19(10-54)74-44(32(66)26(39)60)79-37-17(8-52)72-42(30(64)24(37)58)77-35-15(71-41(78-36)29(63)23(35)57)6-50-13-4-2-1-3-5-14(22(13)47-49-50)70-12-21(56)48-69/h14-20,23-46,51-55,57-69H,1-12H2,(H,48,56). The van der Waals surface area contributed by atoms with E-state index in [1.807, 2.05) is 0 Å². The van der Waals surface area contributed by atoms with Gasteiger partial charge in [-0.3, -0.25) is 10.0 Å². The maximum Gasteiger partial charge on any atom is 0.269 e. The summed E-state index contributed by atoms with van der Waals surface area (Å²) in [5.74, 6) is -0.849. The SMILES string of the molecule is O=C(COC1CCCCCc2c1nnn2CC1OC2OC3C(CO)OC(OC4C(CO)OC(OC5C(CO)OC(OC6C(CO)OC(OC7C(CO)OC(OC1C(O)C2O)C(O)C7O)C(O)C6O)C(O)C5O)C(O)C4O)C(O)C3O)NO. The average Bonchev–Trinajstić information content (AvgIpc) is 3.53. The molecular weight excluding hydrogens is 1120 g/mol. The van der Waals surface area contributed by atoms with Crippen LogP contribution in [0.3, 0.4) is 0 Å². The lowest BCUT2D eigenvalue weighted by Gasteiger charge is -2.50. The Labute approximate surface area is 464 Å². The van der Waals surface area contributed by atoms with Crippen LogP contribution in [-0.4, -0.2) is 337 Å². The number of nitrogens with one attached hydrogen (secondary N) is 1. The molecule has 470 valence electrons. The van der Waals surface area contributed by atoms with E-state index in [1.165, 1.54) is 10.2 Å². The second-order valence-corrected chi connectivity index (χ2v) is 21.2. The van der Waals surface area contributed by atoms with Crippen molar-refractivity contribution in [1.29, 1.82) is 0 Å². The molecule has 0 aromatic carbocycles. The molecule has 36 nitrogen and oxygen atoms in total. The third-order valence-corrected chi connectivity index (χ3v) is 15.9. The molecule has 0 spiro atoms. The first-order chi connectivity index (χ1) is 39.3. The molecule has 19 N–H and O–H groups in total. The van der Waals surface area contributed by atoms with Crippen molar-refractivity contribution >= 4 is 5.91 Å². The highest BCUT2D eigenvalue weighted by atomic mass is 16.8. The predicted molar refractivity (Wildman–Crippen MR) is 250 cm³/mol. The number of carbonyl (C=O) groups excluding carboxylic acids is 1. The van der Waals surface area contributed by atoms with Crippen LogP contribution in [0, 0.1) is 0 Å². The fraction of sp³-hybridized carbons (Fsp3) is 0.935. The van der Waals surface area contributed by atoms with Crippen LogP contribution in [0.5, 0.6) is 0 Å². The van der Waals surface area contributed by atoms with Gasteiger partial charge in [-0.1, -0.05) is 18.1 Å². The molecule has 24 rings (SSSR count). The zero-order chi connectivity index (χ0) is 59.0. The number of amides is 1. The maximum atomic E-state index is 12.0. The number of nitrogens with zero attached hydrogens (tertiary/aromatic N) is 3. The van der Waals surface area contributed by atoms with Gasteiger partial charge in [0, 0.05) is 0 Å². The van der Waals surface area contributed by atoms with Gasteiger partial charge >= 0.3 is 0 Å². The molecule has 0 saturated carbocycles. The molecule has 22 saturated heterocycles. The minimum atomic E-state index is -2.21. The number of hydrogen-bond acceptors (Lipinski definition) is 34. The van der Waals surface area contributed by atoms with Gasteiger partial charge < -0.3 is 148 Å². The molecular formula is C46H74N4O32. The molecule has 1 amide bonds. The zero-order valence-electron chi connectivity index (χ0n) is 43.5. The second-order valence-electron chi connectivity index (χ2n) is 21.2. The number of fused-ring (bicyclic) bond motifs is 1. The number of carbonyl (C=O) groups is 1. The Morgan fingerprint density at radius 2 is 0.744 bits per heavy atom. The van der Waals surface area contributed by atoms with Crippen LogP contribution in [0.4, 0.5) is 0 Å². The number of hydroxylamine groups is 1. The van der Waals surface area contributed by atoms with Crippen molar-refractivity contribution in [2.24, 2.45) is 0 Å². The minimum absolute atomic E-state index is 0.287. The van der Waals surface area contributed by atoms with E-state index in [0.717, 1.165) is 0 Å². The normalized spacial score (nSPS) is 48.8. The van der Waals surface area contributed by atoms with E-state index in [2.05, 4.69) is 10.3 Å². The Morgan fingerprint density at radius 1 is 0.439 bits per heavy atom. The number of aliphatic hydroxyl groups is 17. The highest BCUT2D eigenvalue weighted by molar-refractivity contribution is 5.75. The summed E-state index contributed by atoms with van der Waals surface area (Å²) in [5, 5.41) is 209. The van der Waals surface area contributed by atoms with Crippen LogP contribution >= 0.6 is 0 Å². The summed E-state index contributed by atoms with van der Waals surface area (Å²) in [7, 11) is 0. The van der Waals surface area contributed by atoms with Gasteiger partial charge in [0.05, 0.1) is 45.3 Å². The van der Waals surface area contributed by atoms with E-state index in [0.29, 0.717) is 37.8 Å². The molecule has 22 aliphatic heterocycles. The van der Waals surface area contributed by atoms with Gasteiger partial charge in [0.2, 0.25) is 0 Å². The Hall–Kier alpha value is -2.63. The molecule has 12 bridgehead atoms. The van der Waals surface area contributed by atoms with Crippen LogP contribution in [0.15, 0.2) is 0 Å². The van der Waals surface area contributed by atoms with Crippen LogP contribution in [-0.2, 0) is 79.3 Å². The third-order valence-electron chi connectivity index (χ3n) is 15.9. The highest BCUT2D eigenvalue weighted by Gasteiger charge is 2.59. The van der Waals surface area contributed by atoms with Crippen LogP contribution in [0.25, 0.3) is 0 Å². The lowest BCUT2D eigenvalue weighted by molar-refractivity contribution is -0.403. The van der Waals surface area contributed by atoms with Gasteiger partial charge in [-0.2, -0.15) is 0 Å². The second kappa shape index (κ2) is 27.6. The van der Waals surface area contributed by atoms with E-state index in [4.69, 9.17) is 66.8 Å². The van der Waals surface area contributed by atoms with Gasteiger partial charge in [-0.15, -0.1) is 5.10 Å². The largest absolute Gasteiger partial charge is 0.394 e. The number of ether oxygens (including phenoxy) is 13. The van der Waals surface area contributed by atoms with Gasteiger partial charge in [-0.25, -0.2) is 10.2 Å². The number of rotatable bonds is 10. The Balaban J connectivity index is 1.05. The average molecular weight is 1200 g/mol. The molecule has 23 aliphatic rings. The molecule has 23 heterocycles. The molecule has 22 fully saturated rings. The lowest BCUT2D eigenvalue weighted by Crippen LogP contribution is -2.69. The van der Waals surface area contributed by atoms with E-state index in [-0.39, 0.29) is 5.69 Å². The van der Waals surface area contributed by atoms with Crippen LogP contribution < -0.4 is 5.48 Å². The van der Waals surface area contributed by atoms with Crippen LogP contribution in [0.1, 0.15) is 43.2 Å². The van der Waals surface area contributed by atoms with Crippen molar-refractivity contribution in [3.8, 4) is 0 Å². The molecule has 0 radical (unpaired) electrons. The van der Waals surface area contributed by atoms with Gasteiger partial charge in [0.15, 0.2) is 37.7 Å². The van der Waals surface area contributed by atoms with Crippen molar-refractivity contribution in [2.45, 2.75) is 229 Å². The first-order valence-corrected chi connectivity index (χ1v) is 26.8. The van der Waals surface area contributed by atoms with E-state index in [1.54, 1.807) is 0 Å². The zero-order valence-corrected chi connectivity index (χ0v) is 43.5. The van der Waals surface area contributed by atoms with Gasteiger partial charge in [0.25, 0.3) is 5.91 Å². The van der Waals surface area contributed by atoms with Crippen molar-refractivity contribution in [3.63, 3.8) is 0 Å². The van der Waals surface area contributed by atoms with E-state index >= 15 is 0 Å². The first-order valence-electron chi connectivity index (χ1n) is 26.8. The van der Waals surface area contributed by atoms with E-state index < -0.39 is 242 Å². The summed E-state index contributed by atoms with van der Waals surface area (Å²) in [6.07, 6.45) is -57.8. The van der Waals surface area contributed by atoms with Crippen molar-refractivity contribution in [2.75, 3.05) is 39.6 Å². The smallest absolute Gasteiger partial charge is 0.269 e. The summed E-state index contributed by atoms with van der Waals surface area (Å²) in [5.41, 5.74) is 2.21. The molecule has 31 unspecified atom stereocenters. The fourth-order valence-corrected chi connectivity index (χ4v) is 11.4. The Bertz CT molecular complexity index is 2180.